The van der Waals surface area contributed by atoms with Crippen molar-refractivity contribution in [1.82, 2.24) is 0 Å². The number of carbonyl (C=O) groups is 3. The van der Waals surface area contributed by atoms with Crippen LogP contribution in [0, 0.1) is 42.3 Å². The van der Waals surface area contributed by atoms with Crippen molar-refractivity contribution in [2.75, 3.05) is 5.75 Å². The van der Waals surface area contributed by atoms with E-state index in [0.29, 0.717) is 11.3 Å². The van der Waals surface area contributed by atoms with E-state index in [-0.39, 0.29) is 35.5 Å². The number of nitrogens with two attached hydrogens (primary N) is 1. The molecule has 3 N–H and O–H groups in total. The van der Waals surface area contributed by atoms with Crippen LogP contribution in [0.1, 0.15) is 67.9 Å². The number of hydrogen-bond acceptors (Lipinski definition) is 8. The molecule has 6 atom stereocenters. The van der Waals surface area contributed by atoms with Crippen LogP contribution in [0.3, 0.4) is 0 Å². The summed E-state index contributed by atoms with van der Waals surface area (Å²) in [7, 11) is 0. The van der Waals surface area contributed by atoms with E-state index in [4.69, 9.17) is 15.2 Å². The lowest BCUT2D eigenvalue weighted by Gasteiger charge is -2.29. The number of carbonyl (C=O) groups excluding carboxylic acids is 3. The van der Waals surface area contributed by atoms with Gasteiger partial charge in [0.15, 0.2) is 0 Å². The first kappa shape index (κ1) is 32.9. The number of fused-ring (bicyclic) bond motifs is 1. The van der Waals surface area contributed by atoms with Crippen LogP contribution in [0.25, 0.3) is 0 Å². The number of aliphatic hydroxyl groups excluding tert-OH is 1. The van der Waals surface area contributed by atoms with Gasteiger partial charge < -0.3 is 25.1 Å². The van der Waals surface area contributed by atoms with Gasteiger partial charge in [-0.2, -0.15) is 0 Å². The Bertz CT molecular complexity index is 1060. The maximum Gasteiger partial charge on any atom is 0.405 e. The predicted octanol–water partition coefficient (Wildman–Crippen LogP) is 5.26. The number of ether oxygens (including phenoxy) is 3. The van der Waals surface area contributed by atoms with Crippen LogP contribution in [0.4, 0.5) is 9.18 Å². The van der Waals surface area contributed by atoms with Crippen molar-refractivity contribution in [1.29, 1.82) is 0 Å². The number of thioether (sulfide) groups is 1. The van der Waals surface area contributed by atoms with Crippen molar-refractivity contribution < 1.29 is 38.1 Å². The maximum absolute atomic E-state index is 13.6. The minimum atomic E-state index is -0.797. The maximum atomic E-state index is 13.6. The van der Waals surface area contributed by atoms with E-state index in [2.05, 4.69) is 4.74 Å². The molecule has 6 unspecified atom stereocenters. The first-order valence-corrected chi connectivity index (χ1v) is 14.1. The Morgan fingerprint density at radius 1 is 0.872 bits per heavy atom. The number of benzene rings is 1. The minimum Gasteiger partial charge on any atom is -0.460 e. The number of amides is 1. The van der Waals surface area contributed by atoms with Gasteiger partial charge >= 0.3 is 18.0 Å². The molecular formula is C29H44FNO7S. The second-order valence-electron chi connectivity index (χ2n) is 13.2. The number of aryl methyl sites for hydroxylation is 1. The molecule has 1 aromatic carbocycles. The monoisotopic (exact) mass is 569 g/mol. The summed E-state index contributed by atoms with van der Waals surface area (Å²) in [6, 6.07) is 4.87. The molecule has 0 aliphatic heterocycles. The zero-order chi connectivity index (χ0) is 30.1. The van der Waals surface area contributed by atoms with Crippen LogP contribution in [0.15, 0.2) is 23.1 Å². The zero-order valence-electron chi connectivity index (χ0n) is 24.7. The Labute approximate surface area is 235 Å². The molecule has 2 fully saturated rings. The van der Waals surface area contributed by atoms with Gasteiger partial charge in [0, 0.05) is 22.5 Å². The summed E-state index contributed by atoms with van der Waals surface area (Å²) >= 11 is 1.48. The van der Waals surface area contributed by atoms with E-state index >= 15 is 0 Å². The molecule has 0 radical (unpaired) electrons. The molecule has 3 rings (SSSR count). The Morgan fingerprint density at radius 2 is 1.36 bits per heavy atom. The summed E-state index contributed by atoms with van der Waals surface area (Å²) in [5.41, 5.74) is 3.52. The smallest absolute Gasteiger partial charge is 0.405 e. The predicted molar refractivity (Wildman–Crippen MR) is 147 cm³/mol. The van der Waals surface area contributed by atoms with E-state index in [1.165, 1.54) is 17.8 Å². The molecule has 0 spiro atoms. The Hall–Kier alpha value is -2.33. The third kappa shape index (κ3) is 9.67. The summed E-state index contributed by atoms with van der Waals surface area (Å²) in [5, 5.41) is 11.0. The van der Waals surface area contributed by atoms with Crippen LogP contribution in [-0.4, -0.2) is 51.8 Å². The zero-order valence-corrected chi connectivity index (χ0v) is 25.5. The van der Waals surface area contributed by atoms with Gasteiger partial charge in [0.05, 0.1) is 17.9 Å². The average Bonchev–Trinajstić information content (AvgIpc) is 3.37. The van der Waals surface area contributed by atoms with Gasteiger partial charge in [-0.05, 0) is 98.9 Å². The third-order valence-electron chi connectivity index (χ3n) is 6.18. The Kier molecular flexibility index (Phi) is 10.2. The van der Waals surface area contributed by atoms with E-state index < -0.39 is 40.8 Å². The first-order chi connectivity index (χ1) is 17.6. The third-order valence-corrected chi connectivity index (χ3v) is 7.32. The average molecular weight is 570 g/mol. The molecule has 2 aliphatic carbocycles. The molecular weight excluding hydrogens is 525 g/mol. The largest absolute Gasteiger partial charge is 0.460 e. The first-order valence-electron chi connectivity index (χ1n) is 13.1. The standard InChI is InChI=1S/C24H33FO5S.C5H11NO2/c1-12-10-13(8-9-15(12)25)31-11-14-16(21(27)29-23(2,3)4)17-18(20(14)26)19(17)22(28)30-24(5,6)7;1-5(2,3)8-4(6)7/h8-10,14,16-20,26H,11H2,1-7H3;1-3H3,(H2,6,7). The van der Waals surface area contributed by atoms with Gasteiger partial charge in [-0.25, -0.2) is 9.18 Å². The highest BCUT2D eigenvalue weighted by Crippen LogP contribution is 2.64. The van der Waals surface area contributed by atoms with Crippen LogP contribution in [-0.2, 0) is 23.8 Å². The fourth-order valence-corrected chi connectivity index (χ4v) is 6.05. The number of halogens is 1. The topological polar surface area (TPSA) is 125 Å². The molecule has 2 aliphatic rings. The van der Waals surface area contributed by atoms with E-state index in [9.17, 15) is 23.9 Å². The molecule has 0 heterocycles. The summed E-state index contributed by atoms with van der Waals surface area (Å²) in [5.74, 6) is -2.52. The summed E-state index contributed by atoms with van der Waals surface area (Å²) < 4.78 is 29.3. The molecule has 220 valence electrons. The molecule has 2 saturated carbocycles. The molecule has 1 aromatic rings. The van der Waals surface area contributed by atoms with Gasteiger partial charge in [0.2, 0.25) is 0 Å². The molecule has 1 amide bonds. The van der Waals surface area contributed by atoms with Crippen molar-refractivity contribution in [3.63, 3.8) is 0 Å². The van der Waals surface area contributed by atoms with Crippen LogP contribution in [0.2, 0.25) is 0 Å². The SMILES string of the molecule is CC(C)(C)OC(N)=O.Cc1cc(SCC2C(O)C3C(C(=O)OC(C)(C)C)C3C2C(=O)OC(C)(C)C)ccc1F. The normalized spacial score (nSPS) is 26.1. The number of primary amides is 1. The lowest BCUT2D eigenvalue weighted by Crippen LogP contribution is -2.38. The number of hydrogen-bond donors (Lipinski definition) is 2. The van der Waals surface area contributed by atoms with E-state index in [1.807, 2.05) is 0 Å². The van der Waals surface area contributed by atoms with Gasteiger partial charge in [0.1, 0.15) is 22.6 Å². The summed E-state index contributed by atoms with van der Waals surface area (Å²) in [6.07, 6.45) is -1.52. The molecule has 0 bridgehead atoms. The minimum absolute atomic E-state index is 0.265. The van der Waals surface area contributed by atoms with Gasteiger partial charge in [-0.3, -0.25) is 9.59 Å². The Morgan fingerprint density at radius 3 is 1.77 bits per heavy atom. The fourth-order valence-electron chi connectivity index (χ4n) is 4.83. The Balaban J connectivity index is 0.000000580. The summed E-state index contributed by atoms with van der Waals surface area (Å²) in [4.78, 5) is 36.6. The highest BCUT2D eigenvalue weighted by molar-refractivity contribution is 7.99. The lowest BCUT2D eigenvalue weighted by molar-refractivity contribution is -0.165. The van der Waals surface area contributed by atoms with Gasteiger partial charge in [0.25, 0.3) is 0 Å². The molecule has 10 heteroatoms. The molecule has 39 heavy (non-hydrogen) atoms. The lowest BCUT2D eigenvalue weighted by atomic mass is 9.88. The molecule has 8 nitrogen and oxygen atoms in total. The van der Waals surface area contributed by atoms with Crippen LogP contribution < -0.4 is 5.73 Å². The summed E-state index contributed by atoms with van der Waals surface area (Å²) in [6.45, 7) is 17.8. The van der Waals surface area contributed by atoms with Crippen molar-refractivity contribution in [2.45, 2.75) is 97.0 Å². The second-order valence-corrected chi connectivity index (χ2v) is 14.3. The van der Waals surface area contributed by atoms with Crippen molar-refractivity contribution >= 4 is 29.8 Å². The fraction of sp³-hybridized carbons (Fsp3) is 0.690. The van der Waals surface area contributed by atoms with E-state index in [1.54, 1.807) is 81.4 Å². The van der Waals surface area contributed by atoms with Gasteiger partial charge in [-0.1, -0.05) is 0 Å². The van der Waals surface area contributed by atoms with Crippen LogP contribution in [0.5, 0.6) is 0 Å². The van der Waals surface area contributed by atoms with Gasteiger partial charge in [-0.15, -0.1) is 11.8 Å². The number of esters is 2. The van der Waals surface area contributed by atoms with Crippen molar-refractivity contribution in [3.8, 4) is 0 Å². The van der Waals surface area contributed by atoms with Crippen molar-refractivity contribution in [2.24, 2.45) is 35.3 Å². The molecule has 0 aromatic heterocycles. The highest BCUT2D eigenvalue weighted by Gasteiger charge is 2.72. The number of rotatable bonds is 5. The van der Waals surface area contributed by atoms with Crippen molar-refractivity contribution in [3.05, 3.63) is 29.6 Å². The highest BCUT2D eigenvalue weighted by atomic mass is 32.2. The molecule has 0 saturated heterocycles. The van der Waals surface area contributed by atoms with Crippen LogP contribution >= 0.6 is 11.8 Å². The van der Waals surface area contributed by atoms with E-state index in [0.717, 1.165) is 4.90 Å². The second kappa shape index (κ2) is 12.0. The quantitative estimate of drug-likeness (QED) is 0.280. The number of aliphatic hydroxyl groups is 1.